The monoisotopic (exact) mass is 320 g/mol. The molecule has 0 aliphatic rings. The van der Waals surface area contributed by atoms with E-state index in [0.717, 1.165) is 6.07 Å². The molecule has 2 rings (SSSR count). The first kappa shape index (κ1) is 16.0. The summed E-state index contributed by atoms with van der Waals surface area (Å²) in [7, 11) is 0. The molecule has 0 spiro atoms. The number of anilines is 2. The van der Waals surface area contributed by atoms with Crippen molar-refractivity contribution in [2.45, 2.75) is 12.4 Å². The number of nitrogen functional groups attached to an aromatic ring is 2. The Morgan fingerprint density at radius 3 is 1.68 bits per heavy atom. The van der Waals surface area contributed by atoms with Gasteiger partial charge in [0, 0.05) is 5.69 Å². The van der Waals surface area contributed by atoms with Crippen LogP contribution in [0.25, 0.3) is 11.1 Å². The van der Waals surface area contributed by atoms with Crippen LogP contribution in [0.15, 0.2) is 36.4 Å². The van der Waals surface area contributed by atoms with Crippen LogP contribution in [0.1, 0.15) is 11.1 Å². The Kier molecular flexibility index (Phi) is 3.72. The minimum Gasteiger partial charge on any atom is -0.399 e. The summed E-state index contributed by atoms with van der Waals surface area (Å²) >= 11 is 0. The van der Waals surface area contributed by atoms with Gasteiger partial charge in [0.05, 0.1) is 16.8 Å². The van der Waals surface area contributed by atoms with E-state index in [-0.39, 0.29) is 5.56 Å². The van der Waals surface area contributed by atoms with Gasteiger partial charge in [0.1, 0.15) is 0 Å². The highest BCUT2D eigenvalue weighted by Crippen LogP contribution is 2.45. The lowest BCUT2D eigenvalue weighted by molar-refractivity contribution is -0.141. The van der Waals surface area contributed by atoms with Gasteiger partial charge in [0.2, 0.25) is 0 Å². The van der Waals surface area contributed by atoms with Crippen molar-refractivity contribution in [1.29, 1.82) is 0 Å². The molecule has 0 bridgehead atoms. The third-order valence-corrected chi connectivity index (χ3v) is 3.06. The zero-order valence-corrected chi connectivity index (χ0v) is 10.9. The molecule has 0 aromatic heterocycles. The Morgan fingerprint density at radius 1 is 0.682 bits per heavy atom. The zero-order chi connectivity index (χ0) is 16.7. The van der Waals surface area contributed by atoms with Gasteiger partial charge in [-0.3, -0.25) is 0 Å². The van der Waals surface area contributed by atoms with Gasteiger partial charge in [-0.15, -0.1) is 0 Å². The molecule has 0 fully saturated rings. The van der Waals surface area contributed by atoms with Gasteiger partial charge in [-0.2, -0.15) is 26.3 Å². The number of halogens is 6. The highest BCUT2D eigenvalue weighted by atomic mass is 19.4. The summed E-state index contributed by atoms with van der Waals surface area (Å²) in [6, 6.07) is 6.57. The normalized spacial score (nSPS) is 12.5. The van der Waals surface area contributed by atoms with Crippen molar-refractivity contribution in [2.24, 2.45) is 0 Å². The van der Waals surface area contributed by atoms with Crippen LogP contribution in [-0.2, 0) is 12.4 Å². The zero-order valence-electron chi connectivity index (χ0n) is 10.9. The Bertz CT molecular complexity index is 686. The molecule has 0 aliphatic carbocycles. The number of benzene rings is 2. The average Bonchev–Trinajstić information content (AvgIpc) is 2.36. The third-order valence-electron chi connectivity index (χ3n) is 3.06. The molecule has 0 unspecified atom stereocenters. The predicted molar refractivity (Wildman–Crippen MR) is 70.7 cm³/mol. The van der Waals surface area contributed by atoms with E-state index in [1.807, 2.05) is 0 Å². The fourth-order valence-electron chi connectivity index (χ4n) is 2.08. The molecule has 22 heavy (non-hydrogen) atoms. The average molecular weight is 320 g/mol. The number of hydrogen-bond acceptors (Lipinski definition) is 2. The van der Waals surface area contributed by atoms with E-state index in [1.54, 1.807) is 0 Å². The lowest BCUT2D eigenvalue weighted by Crippen LogP contribution is -2.17. The molecule has 4 N–H and O–H groups in total. The Morgan fingerprint density at radius 2 is 1.23 bits per heavy atom. The van der Waals surface area contributed by atoms with Crippen LogP contribution in [0.5, 0.6) is 0 Å². The number of rotatable bonds is 1. The largest absolute Gasteiger partial charge is 0.418 e. The fraction of sp³-hybridized carbons (Fsp3) is 0.143. The maximum absolute atomic E-state index is 13.2. The smallest absolute Gasteiger partial charge is 0.399 e. The molecular formula is C14H10F6N2. The van der Waals surface area contributed by atoms with E-state index in [1.165, 1.54) is 24.3 Å². The summed E-state index contributed by atoms with van der Waals surface area (Å²) < 4.78 is 77.7. The Labute approximate surface area is 121 Å². The quantitative estimate of drug-likeness (QED) is 0.598. The highest BCUT2D eigenvalue weighted by molar-refractivity contribution is 5.77. The van der Waals surface area contributed by atoms with Gasteiger partial charge in [0.15, 0.2) is 0 Å². The first-order valence-corrected chi connectivity index (χ1v) is 5.94. The van der Waals surface area contributed by atoms with E-state index in [2.05, 4.69) is 0 Å². The maximum atomic E-state index is 13.2. The van der Waals surface area contributed by atoms with Gasteiger partial charge in [-0.1, -0.05) is 18.2 Å². The van der Waals surface area contributed by atoms with Crippen LogP contribution < -0.4 is 11.5 Å². The van der Waals surface area contributed by atoms with Crippen molar-refractivity contribution >= 4 is 11.4 Å². The van der Waals surface area contributed by atoms with Crippen molar-refractivity contribution < 1.29 is 26.3 Å². The van der Waals surface area contributed by atoms with E-state index < -0.39 is 34.7 Å². The summed E-state index contributed by atoms with van der Waals surface area (Å²) in [6.07, 6.45) is -9.99. The van der Waals surface area contributed by atoms with E-state index in [9.17, 15) is 26.3 Å². The molecule has 0 aliphatic heterocycles. The van der Waals surface area contributed by atoms with Crippen molar-refractivity contribution in [3.05, 3.63) is 47.5 Å². The molecule has 118 valence electrons. The topological polar surface area (TPSA) is 52.0 Å². The molecule has 2 aromatic rings. The van der Waals surface area contributed by atoms with Crippen molar-refractivity contribution in [3.63, 3.8) is 0 Å². The van der Waals surface area contributed by atoms with Crippen LogP contribution >= 0.6 is 0 Å². The molecule has 0 saturated carbocycles. The lowest BCUT2D eigenvalue weighted by Gasteiger charge is -2.19. The Balaban J connectivity index is 2.75. The number of alkyl halides is 6. The molecule has 0 heterocycles. The summed E-state index contributed by atoms with van der Waals surface area (Å²) in [4.78, 5) is 0. The second kappa shape index (κ2) is 5.11. The summed E-state index contributed by atoms with van der Waals surface area (Å²) in [5.41, 5.74) is 6.20. The summed E-state index contributed by atoms with van der Waals surface area (Å²) in [6.45, 7) is 0. The second-order valence-electron chi connectivity index (χ2n) is 4.57. The summed E-state index contributed by atoms with van der Waals surface area (Å²) in [5, 5.41) is 0. The standard InChI is InChI=1S/C14H10F6N2/c15-13(16,17)10-6-5-9(7-1-3-8(21)4-2-7)11(12(10)22)14(18,19)20/h1-6H,21-22H2. The van der Waals surface area contributed by atoms with Crippen LogP contribution in [0.4, 0.5) is 37.7 Å². The lowest BCUT2D eigenvalue weighted by atomic mass is 9.94. The number of hydrogen-bond donors (Lipinski definition) is 2. The van der Waals surface area contributed by atoms with Crippen molar-refractivity contribution in [2.75, 3.05) is 11.5 Å². The van der Waals surface area contributed by atoms with Crippen molar-refractivity contribution in [3.8, 4) is 11.1 Å². The molecule has 2 nitrogen and oxygen atoms in total. The highest BCUT2D eigenvalue weighted by Gasteiger charge is 2.42. The Hall–Kier alpha value is -2.38. The summed E-state index contributed by atoms with van der Waals surface area (Å²) in [5.74, 6) is 0. The molecule has 0 amide bonds. The van der Waals surface area contributed by atoms with Gasteiger partial charge in [-0.05, 0) is 29.3 Å². The van der Waals surface area contributed by atoms with Gasteiger partial charge < -0.3 is 11.5 Å². The van der Waals surface area contributed by atoms with E-state index in [4.69, 9.17) is 11.5 Å². The van der Waals surface area contributed by atoms with E-state index in [0.29, 0.717) is 11.8 Å². The first-order chi connectivity index (χ1) is 10.0. The maximum Gasteiger partial charge on any atom is 0.418 e. The second-order valence-corrected chi connectivity index (χ2v) is 4.57. The fourth-order valence-corrected chi connectivity index (χ4v) is 2.08. The predicted octanol–water partition coefficient (Wildman–Crippen LogP) is 4.56. The van der Waals surface area contributed by atoms with Crippen LogP contribution in [0, 0.1) is 0 Å². The molecule has 2 aromatic carbocycles. The number of nitrogens with two attached hydrogens (primary N) is 2. The van der Waals surface area contributed by atoms with Gasteiger partial charge in [-0.25, -0.2) is 0 Å². The first-order valence-electron chi connectivity index (χ1n) is 5.94. The molecule has 0 radical (unpaired) electrons. The van der Waals surface area contributed by atoms with Crippen LogP contribution in [-0.4, -0.2) is 0 Å². The molecule has 8 heteroatoms. The minimum atomic E-state index is -5.03. The molecular weight excluding hydrogens is 310 g/mol. The van der Waals surface area contributed by atoms with Gasteiger partial charge >= 0.3 is 12.4 Å². The minimum absolute atomic E-state index is 0.0712. The van der Waals surface area contributed by atoms with Crippen LogP contribution in [0.3, 0.4) is 0 Å². The SMILES string of the molecule is Nc1ccc(-c2ccc(C(F)(F)F)c(N)c2C(F)(F)F)cc1. The van der Waals surface area contributed by atoms with E-state index >= 15 is 0 Å². The van der Waals surface area contributed by atoms with Crippen molar-refractivity contribution in [1.82, 2.24) is 0 Å². The van der Waals surface area contributed by atoms with Gasteiger partial charge in [0.25, 0.3) is 0 Å². The molecule has 0 saturated heterocycles. The molecule has 0 atom stereocenters. The van der Waals surface area contributed by atoms with Crippen LogP contribution in [0.2, 0.25) is 0 Å². The third kappa shape index (κ3) is 2.95.